The summed E-state index contributed by atoms with van der Waals surface area (Å²) in [5.41, 5.74) is 0.403. The highest BCUT2D eigenvalue weighted by Gasteiger charge is 2.30. The van der Waals surface area contributed by atoms with E-state index in [-0.39, 0.29) is 18.0 Å². The minimum Gasteiger partial charge on any atom is -0.368 e. The summed E-state index contributed by atoms with van der Waals surface area (Å²) in [6, 6.07) is 5.21. The van der Waals surface area contributed by atoms with Gasteiger partial charge in [0.1, 0.15) is 11.9 Å². The summed E-state index contributed by atoms with van der Waals surface area (Å²) in [5.74, 6) is 0.301. The van der Waals surface area contributed by atoms with Crippen molar-refractivity contribution in [2.45, 2.75) is 19.0 Å². The van der Waals surface area contributed by atoms with Gasteiger partial charge in [0, 0.05) is 12.1 Å². The second-order valence-electron chi connectivity index (χ2n) is 4.64. The fraction of sp³-hybridized carbons (Fsp3) is 0.308. The Morgan fingerprint density at radius 3 is 2.89 bits per heavy atom. The van der Waals surface area contributed by atoms with Crippen molar-refractivity contribution < 1.29 is 4.79 Å². The molecular weight excluding hydrogens is 230 g/mol. The van der Waals surface area contributed by atoms with Crippen molar-refractivity contribution in [1.82, 2.24) is 10.6 Å². The van der Waals surface area contributed by atoms with Crippen LogP contribution in [0.3, 0.4) is 0 Å². The third-order valence-corrected chi connectivity index (χ3v) is 3.19. The van der Waals surface area contributed by atoms with Crippen LogP contribution in [-0.4, -0.2) is 12.1 Å². The lowest BCUT2D eigenvalue weighted by Crippen LogP contribution is -2.48. The summed E-state index contributed by atoms with van der Waals surface area (Å²) in [7, 11) is 0. The molecule has 1 aromatic carbocycles. The smallest absolute Gasteiger partial charge is 0.224 e. The minimum absolute atomic E-state index is 0.103. The molecule has 0 aromatic heterocycles. The van der Waals surface area contributed by atoms with E-state index in [0.717, 1.165) is 23.3 Å². The molecule has 92 valence electrons. The summed E-state index contributed by atoms with van der Waals surface area (Å²) >= 11 is 0. The van der Waals surface area contributed by atoms with E-state index < -0.39 is 0 Å². The van der Waals surface area contributed by atoms with Crippen molar-refractivity contribution in [3.05, 3.63) is 33.5 Å². The Morgan fingerprint density at radius 2 is 2.17 bits per heavy atom. The summed E-state index contributed by atoms with van der Waals surface area (Å²) < 4.78 is 0. The van der Waals surface area contributed by atoms with E-state index in [4.69, 9.17) is 0 Å². The first-order valence-corrected chi connectivity index (χ1v) is 5.98. The molecule has 18 heavy (non-hydrogen) atoms. The zero-order valence-electron chi connectivity index (χ0n) is 9.72. The molecule has 1 aromatic rings. The van der Waals surface area contributed by atoms with Gasteiger partial charge in [-0.1, -0.05) is 6.07 Å². The Balaban J connectivity index is 1.83. The van der Waals surface area contributed by atoms with Crippen LogP contribution in [0.15, 0.2) is 23.4 Å². The molecule has 2 N–H and O–H groups in total. The Bertz CT molecular complexity index is 620. The number of nitrogens with one attached hydrogen (secondary N) is 2. The second-order valence-corrected chi connectivity index (χ2v) is 4.64. The molecule has 0 radical (unpaired) electrons. The van der Waals surface area contributed by atoms with Crippen molar-refractivity contribution in [2.75, 3.05) is 0 Å². The molecule has 1 heterocycles. The van der Waals surface area contributed by atoms with E-state index in [1.54, 1.807) is 18.3 Å². The SMILES string of the molecule is O=Nc1ccc2c(c1)=CNC(NC(=O)C1CC1)C=2. The van der Waals surface area contributed by atoms with Crippen LogP contribution in [0.2, 0.25) is 0 Å². The number of fused-ring (bicyclic) bond motifs is 1. The lowest BCUT2D eigenvalue weighted by molar-refractivity contribution is -0.122. The quantitative estimate of drug-likeness (QED) is 0.737. The normalized spacial score (nSPS) is 20.8. The predicted molar refractivity (Wildman–Crippen MR) is 67.9 cm³/mol. The Morgan fingerprint density at radius 1 is 1.33 bits per heavy atom. The Kier molecular flexibility index (Phi) is 2.59. The molecule has 2 aliphatic rings. The van der Waals surface area contributed by atoms with Crippen molar-refractivity contribution in [3.63, 3.8) is 0 Å². The molecule has 0 saturated heterocycles. The maximum absolute atomic E-state index is 11.6. The molecule has 5 nitrogen and oxygen atoms in total. The maximum atomic E-state index is 11.6. The van der Waals surface area contributed by atoms with Crippen LogP contribution in [0.5, 0.6) is 0 Å². The lowest BCUT2D eigenvalue weighted by Gasteiger charge is -2.18. The summed E-state index contributed by atoms with van der Waals surface area (Å²) in [6.45, 7) is 0. The number of nitrogens with zero attached hydrogens (tertiary/aromatic N) is 1. The molecule has 1 amide bonds. The topological polar surface area (TPSA) is 70.6 Å². The number of carbonyl (C=O) groups excluding carboxylic acids is 1. The summed E-state index contributed by atoms with van der Waals surface area (Å²) in [5, 5.41) is 10.8. The number of nitroso groups, excluding NO2 is 1. The molecule has 1 saturated carbocycles. The number of hydrogen-bond donors (Lipinski definition) is 2. The highest BCUT2D eigenvalue weighted by molar-refractivity contribution is 5.82. The van der Waals surface area contributed by atoms with E-state index in [0.29, 0.717) is 5.69 Å². The van der Waals surface area contributed by atoms with Gasteiger partial charge in [0.25, 0.3) is 0 Å². The molecule has 1 unspecified atom stereocenters. The van der Waals surface area contributed by atoms with E-state index in [2.05, 4.69) is 15.8 Å². The van der Waals surface area contributed by atoms with Crippen molar-refractivity contribution in [3.8, 4) is 0 Å². The van der Waals surface area contributed by atoms with Crippen molar-refractivity contribution in [2.24, 2.45) is 11.1 Å². The van der Waals surface area contributed by atoms with Gasteiger partial charge in [-0.2, -0.15) is 0 Å². The molecule has 1 atom stereocenters. The first-order valence-electron chi connectivity index (χ1n) is 5.98. The number of amides is 1. The van der Waals surface area contributed by atoms with Crippen LogP contribution in [0.1, 0.15) is 12.8 Å². The van der Waals surface area contributed by atoms with E-state index in [1.807, 2.05) is 12.1 Å². The molecule has 0 spiro atoms. The highest BCUT2D eigenvalue weighted by atomic mass is 16.3. The van der Waals surface area contributed by atoms with Crippen molar-refractivity contribution in [1.29, 1.82) is 0 Å². The first kappa shape index (κ1) is 11.0. The van der Waals surface area contributed by atoms with Gasteiger partial charge in [0.2, 0.25) is 5.91 Å². The molecule has 1 aliphatic heterocycles. The Hall–Kier alpha value is -2.17. The zero-order valence-corrected chi connectivity index (χ0v) is 9.72. The van der Waals surface area contributed by atoms with Gasteiger partial charge < -0.3 is 10.6 Å². The average Bonchev–Trinajstić information content (AvgIpc) is 3.22. The van der Waals surface area contributed by atoms with Gasteiger partial charge in [-0.05, 0) is 46.7 Å². The largest absolute Gasteiger partial charge is 0.368 e. The van der Waals surface area contributed by atoms with E-state index in [1.165, 1.54) is 0 Å². The molecular formula is C13H13N3O2. The zero-order chi connectivity index (χ0) is 12.5. The molecule has 1 fully saturated rings. The monoisotopic (exact) mass is 243 g/mol. The lowest BCUT2D eigenvalue weighted by atomic mass is 10.1. The molecule has 1 aliphatic carbocycles. The number of hydrogen-bond acceptors (Lipinski definition) is 4. The molecule has 5 heteroatoms. The third-order valence-electron chi connectivity index (χ3n) is 3.19. The number of carbonyl (C=O) groups is 1. The fourth-order valence-electron chi connectivity index (χ4n) is 2.00. The Labute approximate surface area is 104 Å². The van der Waals surface area contributed by atoms with E-state index >= 15 is 0 Å². The maximum Gasteiger partial charge on any atom is 0.224 e. The van der Waals surface area contributed by atoms with Gasteiger partial charge >= 0.3 is 0 Å². The second kappa shape index (κ2) is 4.25. The van der Waals surface area contributed by atoms with Gasteiger partial charge in [-0.25, -0.2) is 0 Å². The predicted octanol–water partition coefficient (Wildman–Crippen LogP) is 0.0585. The average molecular weight is 243 g/mol. The third kappa shape index (κ3) is 2.11. The highest BCUT2D eigenvalue weighted by Crippen LogP contribution is 2.28. The standard InChI is InChI=1S/C13H13N3O2/c17-13(8-1-2-8)15-12-6-9-3-4-11(16-18)5-10(9)7-14-12/h3-8,12,14H,1-2H2,(H,15,17). The minimum atomic E-state index is -0.180. The van der Waals surface area contributed by atoms with E-state index in [9.17, 15) is 9.70 Å². The number of rotatable bonds is 3. The first-order chi connectivity index (χ1) is 8.76. The van der Waals surface area contributed by atoms with Crippen LogP contribution < -0.4 is 21.1 Å². The van der Waals surface area contributed by atoms with Gasteiger partial charge in [-0.3, -0.25) is 4.79 Å². The van der Waals surface area contributed by atoms with Gasteiger partial charge in [0.15, 0.2) is 0 Å². The van der Waals surface area contributed by atoms with Gasteiger partial charge in [0.05, 0.1) is 0 Å². The fourth-order valence-corrected chi connectivity index (χ4v) is 2.00. The van der Waals surface area contributed by atoms with Crippen LogP contribution in [-0.2, 0) is 4.79 Å². The van der Waals surface area contributed by atoms with Crippen LogP contribution in [0.25, 0.3) is 12.3 Å². The van der Waals surface area contributed by atoms with Crippen LogP contribution in [0.4, 0.5) is 5.69 Å². The summed E-state index contributed by atoms with van der Waals surface area (Å²) in [6.07, 6.45) is 5.53. The van der Waals surface area contributed by atoms with Gasteiger partial charge in [-0.15, -0.1) is 4.91 Å². The van der Waals surface area contributed by atoms with Crippen LogP contribution >= 0.6 is 0 Å². The number of benzene rings is 1. The summed E-state index contributed by atoms with van der Waals surface area (Å²) in [4.78, 5) is 22.1. The van der Waals surface area contributed by atoms with Crippen molar-refractivity contribution >= 4 is 23.9 Å². The molecule has 0 bridgehead atoms. The molecule has 3 rings (SSSR count). The van der Waals surface area contributed by atoms with Crippen LogP contribution in [0, 0.1) is 10.8 Å².